The van der Waals surface area contributed by atoms with Gasteiger partial charge in [0.05, 0.1) is 5.60 Å². The molecule has 1 aromatic rings. The second-order valence-electron chi connectivity index (χ2n) is 4.57. The Balaban J connectivity index is 2.94. The minimum atomic E-state index is -0.903. The molecule has 0 aliphatic heterocycles. The summed E-state index contributed by atoms with van der Waals surface area (Å²) in [4.78, 5) is 0. The molecule has 0 heterocycles. The molecule has 1 unspecified atom stereocenters. The summed E-state index contributed by atoms with van der Waals surface area (Å²) >= 11 is 0. The van der Waals surface area contributed by atoms with Crippen LogP contribution in [-0.4, -0.2) is 10.7 Å². The van der Waals surface area contributed by atoms with Crippen molar-refractivity contribution < 1.29 is 13.9 Å². The lowest BCUT2D eigenvalue weighted by molar-refractivity contribution is -0.00837. The number of rotatable bonds is 4. The van der Waals surface area contributed by atoms with Gasteiger partial charge < -0.3 is 5.11 Å². The molecule has 16 heavy (non-hydrogen) atoms. The Bertz CT molecular complexity index is 343. The average molecular weight is 228 g/mol. The number of halogens is 2. The molecule has 0 aliphatic rings. The lowest BCUT2D eigenvalue weighted by atomic mass is 9.82. The first kappa shape index (κ1) is 13.1. The highest BCUT2D eigenvalue weighted by atomic mass is 19.1. The molecule has 1 aromatic carbocycles. The minimum Gasteiger partial charge on any atom is -0.389 e. The van der Waals surface area contributed by atoms with Crippen molar-refractivity contribution in [3.63, 3.8) is 0 Å². The molecule has 1 N–H and O–H groups in total. The normalized spacial score (nSPS) is 15.2. The van der Waals surface area contributed by atoms with Gasteiger partial charge in [0.1, 0.15) is 11.6 Å². The van der Waals surface area contributed by atoms with Gasteiger partial charge in [-0.3, -0.25) is 0 Å². The van der Waals surface area contributed by atoms with E-state index in [0.717, 1.165) is 6.07 Å². The predicted molar refractivity (Wildman–Crippen MR) is 60.1 cm³/mol. The molecule has 0 amide bonds. The van der Waals surface area contributed by atoms with Crippen molar-refractivity contribution in [3.05, 3.63) is 35.4 Å². The summed E-state index contributed by atoms with van der Waals surface area (Å²) in [5.41, 5.74) is -0.407. The summed E-state index contributed by atoms with van der Waals surface area (Å²) in [6, 6.07) is 3.38. The topological polar surface area (TPSA) is 20.2 Å². The molecule has 1 nitrogen and oxygen atoms in total. The summed E-state index contributed by atoms with van der Waals surface area (Å²) in [5, 5.41) is 10.3. The van der Waals surface area contributed by atoms with E-state index in [4.69, 9.17) is 0 Å². The lowest BCUT2D eigenvalue weighted by Crippen LogP contribution is -2.36. The van der Waals surface area contributed by atoms with Crippen LogP contribution in [0.3, 0.4) is 0 Å². The summed E-state index contributed by atoms with van der Waals surface area (Å²) in [7, 11) is 0. The average Bonchev–Trinajstić information content (AvgIpc) is 2.15. The van der Waals surface area contributed by atoms with Crippen LogP contribution in [0.1, 0.15) is 32.8 Å². The van der Waals surface area contributed by atoms with E-state index < -0.39 is 17.2 Å². The molecule has 3 heteroatoms. The highest BCUT2D eigenvalue weighted by Crippen LogP contribution is 2.26. The first-order chi connectivity index (χ1) is 7.37. The number of hydrogen-bond acceptors (Lipinski definition) is 1. The third-order valence-electron chi connectivity index (χ3n) is 3.12. The van der Waals surface area contributed by atoms with Gasteiger partial charge in [-0.2, -0.15) is 0 Å². The van der Waals surface area contributed by atoms with Crippen LogP contribution in [0.2, 0.25) is 0 Å². The standard InChI is InChI=1S/C13H18F2O/c1-4-13(16,9(2)3)8-10-5-11(14)7-12(15)6-10/h5-7,9,16H,4,8H2,1-3H3. The van der Waals surface area contributed by atoms with Crippen molar-refractivity contribution in [2.45, 2.75) is 39.2 Å². The molecule has 0 saturated carbocycles. The maximum absolute atomic E-state index is 13.0. The quantitative estimate of drug-likeness (QED) is 0.838. The Labute approximate surface area is 95.1 Å². The maximum Gasteiger partial charge on any atom is 0.126 e. The van der Waals surface area contributed by atoms with E-state index in [-0.39, 0.29) is 12.3 Å². The van der Waals surface area contributed by atoms with Crippen LogP contribution in [-0.2, 0) is 6.42 Å². The van der Waals surface area contributed by atoms with Crippen molar-refractivity contribution in [2.24, 2.45) is 5.92 Å². The molecule has 90 valence electrons. The fourth-order valence-electron chi connectivity index (χ4n) is 1.80. The van der Waals surface area contributed by atoms with Crippen LogP contribution in [0, 0.1) is 17.6 Å². The van der Waals surface area contributed by atoms with Crippen LogP contribution in [0.25, 0.3) is 0 Å². The van der Waals surface area contributed by atoms with Crippen LogP contribution >= 0.6 is 0 Å². The molecule has 0 aliphatic carbocycles. The van der Waals surface area contributed by atoms with Gasteiger partial charge in [0.15, 0.2) is 0 Å². The van der Waals surface area contributed by atoms with Gasteiger partial charge in [-0.15, -0.1) is 0 Å². The van der Waals surface area contributed by atoms with E-state index in [9.17, 15) is 13.9 Å². The summed E-state index contributed by atoms with van der Waals surface area (Å²) < 4.78 is 26.0. The van der Waals surface area contributed by atoms with Gasteiger partial charge in [0.25, 0.3) is 0 Å². The Morgan fingerprint density at radius 3 is 2.06 bits per heavy atom. The molecular weight excluding hydrogens is 210 g/mol. The van der Waals surface area contributed by atoms with Crippen LogP contribution in [0.5, 0.6) is 0 Å². The van der Waals surface area contributed by atoms with Gasteiger partial charge in [0.2, 0.25) is 0 Å². The molecule has 0 bridgehead atoms. The van der Waals surface area contributed by atoms with Crippen molar-refractivity contribution in [1.82, 2.24) is 0 Å². The van der Waals surface area contributed by atoms with Gasteiger partial charge in [-0.05, 0) is 30.0 Å². The molecule has 0 fully saturated rings. The van der Waals surface area contributed by atoms with Gasteiger partial charge in [0, 0.05) is 12.5 Å². The van der Waals surface area contributed by atoms with E-state index in [2.05, 4.69) is 0 Å². The van der Waals surface area contributed by atoms with Gasteiger partial charge in [-0.1, -0.05) is 20.8 Å². The predicted octanol–water partition coefficient (Wildman–Crippen LogP) is 3.30. The summed E-state index contributed by atoms with van der Waals surface area (Å²) in [6.07, 6.45) is 0.832. The Kier molecular flexibility index (Phi) is 4.03. The molecule has 1 atom stereocenters. The summed E-state index contributed by atoms with van der Waals surface area (Å²) in [6.45, 7) is 5.67. The first-order valence-electron chi connectivity index (χ1n) is 5.54. The van der Waals surface area contributed by atoms with Crippen LogP contribution in [0.15, 0.2) is 18.2 Å². The maximum atomic E-state index is 13.0. The van der Waals surface area contributed by atoms with E-state index in [1.54, 1.807) is 0 Å². The minimum absolute atomic E-state index is 0.0452. The van der Waals surface area contributed by atoms with E-state index >= 15 is 0 Å². The van der Waals surface area contributed by atoms with Crippen molar-refractivity contribution in [1.29, 1.82) is 0 Å². The third-order valence-corrected chi connectivity index (χ3v) is 3.12. The highest BCUT2D eigenvalue weighted by Gasteiger charge is 2.29. The number of aliphatic hydroxyl groups is 1. The molecule has 0 radical (unpaired) electrons. The Hall–Kier alpha value is -0.960. The zero-order valence-electron chi connectivity index (χ0n) is 9.93. The Morgan fingerprint density at radius 1 is 1.19 bits per heavy atom. The largest absolute Gasteiger partial charge is 0.389 e. The van der Waals surface area contributed by atoms with Gasteiger partial charge >= 0.3 is 0 Å². The second kappa shape index (κ2) is 4.91. The first-order valence-corrected chi connectivity index (χ1v) is 5.54. The third kappa shape index (κ3) is 3.01. The zero-order valence-corrected chi connectivity index (χ0v) is 9.93. The molecular formula is C13H18F2O. The second-order valence-corrected chi connectivity index (χ2v) is 4.57. The Morgan fingerprint density at radius 2 is 1.69 bits per heavy atom. The fourth-order valence-corrected chi connectivity index (χ4v) is 1.80. The highest BCUT2D eigenvalue weighted by molar-refractivity contribution is 5.20. The molecule has 1 rings (SSSR count). The van der Waals surface area contributed by atoms with E-state index in [0.29, 0.717) is 12.0 Å². The molecule has 0 saturated heterocycles. The van der Waals surface area contributed by atoms with Crippen molar-refractivity contribution >= 4 is 0 Å². The molecule has 0 spiro atoms. The fraction of sp³-hybridized carbons (Fsp3) is 0.538. The molecule has 0 aromatic heterocycles. The van der Waals surface area contributed by atoms with Gasteiger partial charge in [-0.25, -0.2) is 8.78 Å². The number of hydrogen-bond donors (Lipinski definition) is 1. The van der Waals surface area contributed by atoms with E-state index in [1.807, 2.05) is 20.8 Å². The van der Waals surface area contributed by atoms with Crippen LogP contribution in [0.4, 0.5) is 8.78 Å². The van der Waals surface area contributed by atoms with Crippen molar-refractivity contribution in [2.75, 3.05) is 0 Å². The summed E-state index contributed by atoms with van der Waals surface area (Å²) in [5.74, 6) is -1.15. The van der Waals surface area contributed by atoms with Crippen molar-refractivity contribution in [3.8, 4) is 0 Å². The zero-order chi connectivity index (χ0) is 12.3. The smallest absolute Gasteiger partial charge is 0.126 e. The van der Waals surface area contributed by atoms with E-state index in [1.165, 1.54) is 12.1 Å². The van der Waals surface area contributed by atoms with Crippen LogP contribution < -0.4 is 0 Å². The SMILES string of the molecule is CCC(O)(Cc1cc(F)cc(F)c1)C(C)C. The number of benzene rings is 1. The monoisotopic (exact) mass is 228 g/mol. The lowest BCUT2D eigenvalue weighted by Gasteiger charge is -2.31.